The van der Waals surface area contributed by atoms with Gasteiger partial charge in [0.2, 0.25) is 0 Å². The molecule has 0 aliphatic rings. The van der Waals surface area contributed by atoms with E-state index >= 15 is 0 Å². The Morgan fingerprint density at radius 3 is 0.845 bits per heavy atom. The highest BCUT2D eigenvalue weighted by molar-refractivity contribution is 6.10. The number of hydrogen-bond donors (Lipinski definition) is 0. The fourth-order valence-electron chi connectivity index (χ4n) is 8.72. The minimum atomic E-state index is 1.06. The van der Waals surface area contributed by atoms with Gasteiger partial charge in [0.15, 0.2) is 0 Å². The summed E-state index contributed by atoms with van der Waals surface area (Å²) in [5.74, 6) is 0. The number of para-hydroxylation sites is 6. The molecular weight excluding hydrogens is 705 g/mol. The van der Waals surface area contributed by atoms with Crippen molar-refractivity contribution in [1.29, 1.82) is 0 Å². The highest BCUT2D eigenvalue weighted by atomic mass is 15.2. The van der Waals surface area contributed by atoms with Gasteiger partial charge in [-0.05, 0) is 115 Å². The first-order valence-electron chi connectivity index (χ1n) is 19.8. The number of aromatic nitrogens is 2. The molecule has 0 spiro atoms. The lowest BCUT2D eigenvalue weighted by molar-refractivity contribution is 1.16. The van der Waals surface area contributed by atoms with Gasteiger partial charge in [0.25, 0.3) is 0 Å². The predicted molar refractivity (Wildman–Crippen MR) is 244 cm³/mol. The number of hydrogen-bond acceptors (Lipinski definition) is 2. The molecule has 0 N–H and O–H groups in total. The van der Waals surface area contributed by atoms with E-state index in [2.05, 4.69) is 249 Å². The number of nitrogens with zero attached hydrogens (tertiary/aromatic N) is 4. The topological polar surface area (TPSA) is 16.3 Å². The Hall–Kier alpha value is -7.82. The third-order valence-electron chi connectivity index (χ3n) is 11.3. The van der Waals surface area contributed by atoms with Gasteiger partial charge in [-0.25, -0.2) is 0 Å². The molecule has 0 aliphatic heterocycles. The molecule has 4 nitrogen and oxygen atoms in total. The van der Waals surface area contributed by atoms with Gasteiger partial charge in [-0.2, -0.15) is 0 Å². The molecule has 0 saturated heterocycles. The normalized spacial score (nSPS) is 11.4. The first-order chi connectivity index (χ1) is 28.8. The van der Waals surface area contributed by atoms with E-state index in [1.165, 1.54) is 43.6 Å². The van der Waals surface area contributed by atoms with Gasteiger partial charge in [-0.1, -0.05) is 115 Å². The van der Waals surface area contributed by atoms with Gasteiger partial charge < -0.3 is 18.9 Å². The highest BCUT2D eigenvalue weighted by Gasteiger charge is 2.19. The predicted octanol–water partition coefficient (Wildman–Crippen LogP) is 14.8. The van der Waals surface area contributed by atoms with E-state index < -0.39 is 0 Å². The van der Waals surface area contributed by atoms with E-state index in [0.717, 1.165) is 45.5 Å². The molecule has 0 fully saturated rings. The molecule has 4 heteroatoms. The van der Waals surface area contributed by atoms with Crippen LogP contribution in [0.1, 0.15) is 0 Å². The fraction of sp³-hybridized carbons (Fsp3) is 0. The molecule has 0 saturated carbocycles. The van der Waals surface area contributed by atoms with E-state index in [1.54, 1.807) is 0 Å². The Labute approximate surface area is 337 Å². The summed E-state index contributed by atoms with van der Waals surface area (Å²) in [6, 6.07) is 82.7. The Morgan fingerprint density at radius 2 is 0.500 bits per heavy atom. The lowest BCUT2D eigenvalue weighted by atomic mass is 10.1. The summed E-state index contributed by atoms with van der Waals surface area (Å²) in [5.41, 5.74) is 13.5. The van der Waals surface area contributed by atoms with Gasteiger partial charge >= 0.3 is 0 Å². The van der Waals surface area contributed by atoms with Crippen LogP contribution in [-0.4, -0.2) is 9.13 Å². The van der Waals surface area contributed by atoms with Gasteiger partial charge in [-0.3, -0.25) is 0 Å². The SMILES string of the molecule is c1ccc(N(c2ccccc2)c2cccc(N(c3ccc(-n4c5ccccc5c5ccccc54)cc3)c3ccc(-n4c5ccccc5c5ccccc54)cc3)c2)cc1. The van der Waals surface area contributed by atoms with Crippen molar-refractivity contribution in [2.24, 2.45) is 0 Å². The summed E-state index contributed by atoms with van der Waals surface area (Å²) in [6.07, 6.45) is 0. The van der Waals surface area contributed by atoms with Crippen LogP contribution in [0.4, 0.5) is 34.1 Å². The molecule has 0 aliphatic carbocycles. The largest absolute Gasteiger partial charge is 0.310 e. The third-order valence-corrected chi connectivity index (χ3v) is 11.3. The van der Waals surface area contributed by atoms with E-state index in [9.17, 15) is 0 Å². The van der Waals surface area contributed by atoms with Gasteiger partial charge in [0.1, 0.15) is 0 Å². The van der Waals surface area contributed by atoms with E-state index in [0.29, 0.717) is 0 Å². The number of fused-ring (bicyclic) bond motifs is 6. The standard InChI is InChI=1S/C54H38N4/c1-3-16-39(17-4-1)55(40-18-5-2-6-19-40)45-20-15-21-46(38-45)56(41-30-34-43(35-31-41)57-51-26-11-7-22-47(51)48-23-8-12-27-52(48)57)42-32-36-44(37-33-42)58-53-28-13-9-24-49(53)50-25-10-14-29-54(50)58/h1-38H. The summed E-state index contributed by atoms with van der Waals surface area (Å²) in [7, 11) is 0. The van der Waals surface area contributed by atoms with Crippen molar-refractivity contribution in [2.75, 3.05) is 9.80 Å². The van der Waals surface area contributed by atoms with Crippen molar-refractivity contribution in [2.45, 2.75) is 0 Å². The quantitative estimate of drug-likeness (QED) is 0.154. The summed E-state index contributed by atoms with van der Waals surface area (Å²) < 4.78 is 4.75. The molecule has 0 unspecified atom stereocenters. The lowest BCUT2D eigenvalue weighted by Crippen LogP contribution is -2.13. The van der Waals surface area contributed by atoms with E-state index in [4.69, 9.17) is 0 Å². The Bertz CT molecular complexity index is 2910. The zero-order chi connectivity index (χ0) is 38.4. The van der Waals surface area contributed by atoms with Crippen LogP contribution in [0.5, 0.6) is 0 Å². The smallest absolute Gasteiger partial charge is 0.0541 e. The number of rotatable bonds is 8. The van der Waals surface area contributed by atoms with Crippen LogP contribution in [0.15, 0.2) is 231 Å². The Morgan fingerprint density at radius 1 is 0.224 bits per heavy atom. The van der Waals surface area contributed by atoms with Gasteiger partial charge in [-0.15, -0.1) is 0 Å². The third kappa shape index (κ3) is 5.62. The lowest BCUT2D eigenvalue weighted by Gasteiger charge is -2.29. The molecule has 274 valence electrons. The maximum Gasteiger partial charge on any atom is 0.0541 e. The second-order valence-corrected chi connectivity index (χ2v) is 14.6. The van der Waals surface area contributed by atoms with Crippen LogP contribution in [0.2, 0.25) is 0 Å². The molecule has 0 radical (unpaired) electrons. The van der Waals surface area contributed by atoms with Crippen LogP contribution in [-0.2, 0) is 0 Å². The van der Waals surface area contributed by atoms with E-state index in [1.807, 2.05) is 0 Å². The zero-order valence-corrected chi connectivity index (χ0v) is 31.7. The van der Waals surface area contributed by atoms with Crippen LogP contribution in [0.3, 0.4) is 0 Å². The van der Waals surface area contributed by atoms with Crippen molar-refractivity contribution < 1.29 is 0 Å². The highest BCUT2D eigenvalue weighted by Crippen LogP contribution is 2.42. The Balaban J connectivity index is 1.06. The summed E-state index contributed by atoms with van der Waals surface area (Å²) in [4.78, 5) is 4.68. The summed E-state index contributed by atoms with van der Waals surface area (Å²) >= 11 is 0. The van der Waals surface area contributed by atoms with Crippen LogP contribution in [0.25, 0.3) is 55.0 Å². The average Bonchev–Trinajstić information content (AvgIpc) is 3.81. The van der Waals surface area contributed by atoms with Crippen molar-refractivity contribution in [3.63, 3.8) is 0 Å². The van der Waals surface area contributed by atoms with Crippen molar-refractivity contribution in [3.05, 3.63) is 231 Å². The maximum absolute atomic E-state index is 2.37. The molecule has 11 aromatic rings. The molecule has 0 amide bonds. The fourth-order valence-corrected chi connectivity index (χ4v) is 8.72. The molecule has 0 atom stereocenters. The number of benzene rings is 9. The number of anilines is 6. The summed E-state index contributed by atoms with van der Waals surface area (Å²) in [5, 5.41) is 5.02. The Kier molecular flexibility index (Phi) is 8.11. The van der Waals surface area contributed by atoms with Gasteiger partial charge in [0.05, 0.1) is 22.1 Å². The first-order valence-corrected chi connectivity index (χ1v) is 19.8. The summed E-state index contributed by atoms with van der Waals surface area (Å²) in [6.45, 7) is 0. The second-order valence-electron chi connectivity index (χ2n) is 14.6. The van der Waals surface area contributed by atoms with Crippen LogP contribution < -0.4 is 9.80 Å². The molecule has 2 heterocycles. The molecule has 0 bridgehead atoms. The molecular formula is C54H38N4. The van der Waals surface area contributed by atoms with Crippen LogP contribution in [0, 0.1) is 0 Å². The minimum absolute atomic E-state index is 1.06. The maximum atomic E-state index is 2.37. The van der Waals surface area contributed by atoms with Crippen molar-refractivity contribution >= 4 is 77.7 Å². The molecule has 9 aromatic carbocycles. The van der Waals surface area contributed by atoms with Crippen molar-refractivity contribution in [1.82, 2.24) is 9.13 Å². The average molecular weight is 743 g/mol. The molecule has 2 aromatic heterocycles. The minimum Gasteiger partial charge on any atom is -0.310 e. The molecule has 11 rings (SSSR count). The van der Waals surface area contributed by atoms with Gasteiger partial charge in [0, 0.05) is 67.0 Å². The molecule has 58 heavy (non-hydrogen) atoms. The second kappa shape index (κ2) is 14.0. The first kappa shape index (κ1) is 33.5. The van der Waals surface area contributed by atoms with E-state index in [-0.39, 0.29) is 0 Å². The monoisotopic (exact) mass is 742 g/mol. The zero-order valence-electron chi connectivity index (χ0n) is 31.7. The van der Waals surface area contributed by atoms with Crippen LogP contribution >= 0.6 is 0 Å². The van der Waals surface area contributed by atoms with Crippen molar-refractivity contribution in [3.8, 4) is 11.4 Å².